The number of carbonyl (C=O) groups is 1. The number of nitrogens with zero attached hydrogens (tertiary/aromatic N) is 2. The number of H-pyrrole nitrogens is 1. The highest BCUT2D eigenvalue weighted by atomic mass is 19.4. The Morgan fingerprint density at radius 2 is 1.78 bits per heavy atom. The van der Waals surface area contributed by atoms with Crippen LogP contribution in [0.15, 0.2) is 30.3 Å². The van der Waals surface area contributed by atoms with E-state index in [1.807, 2.05) is 0 Å². The van der Waals surface area contributed by atoms with Crippen LogP contribution >= 0.6 is 0 Å². The van der Waals surface area contributed by atoms with Gasteiger partial charge in [0.05, 0.1) is 22.3 Å². The first-order valence-electron chi connectivity index (χ1n) is 10.2. The van der Waals surface area contributed by atoms with Gasteiger partial charge in [0, 0.05) is 27.6 Å². The normalized spacial score (nSPS) is 14.0. The lowest BCUT2D eigenvalue weighted by atomic mass is 9.84. The highest BCUT2D eigenvalue weighted by Gasteiger charge is 2.36. The molecule has 0 saturated heterocycles. The van der Waals surface area contributed by atoms with Crippen molar-refractivity contribution in [1.29, 1.82) is 0 Å². The largest absolute Gasteiger partial charge is 0.418 e. The first-order chi connectivity index (χ1) is 15.3. The van der Waals surface area contributed by atoms with E-state index in [4.69, 9.17) is 5.21 Å². The molecule has 0 saturated carbocycles. The number of pyridine rings is 1. The lowest BCUT2D eigenvalue weighted by molar-refractivity contribution is -0.136. The zero-order chi connectivity index (χ0) is 22.6. The lowest BCUT2D eigenvalue weighted by Gasteiger charge is -2.23. The third kappa shape index (κ3) is 3.12. The number of amides is 1. The van der Waals surface area contributed by atoms with E-state index in [0.717, 1.165) is 30.0 Å². The number of halogens is 3. The Hall–Kier alpha value is -3.46. The molecule has 0 radical (unpaired) electrons. The lowest BCUT2D eigenvalue weighted by Crippen LogP contribution is -2.18. The summed E-state index contributed by atoms with van der Waals surface area (Å²) in [7, 11) is 0. The third-order valence-electron chi connectivity index (χ3n) is 6.10. The van der Waals surface area contributed by atoms with Crippen molar-refractivity contribution in [3.05, 3.63) is 58.3 Å². The maximum atomic E-state index is 14.1. The molecule has 2 aromatic carbocycles. The van der Waals surface area contributed by atoms with Crippen LogP contribution in [0, 0.1) is 6.92 Å². The molecule has 0 aliphatic heterocycles. The van der Waals surface area contributed by atoms with Crippen molar-refractivity contribution >= 4 is 27.7 Å². The first kappa shape index (κ1) is 20.4. The molecule has 9 heteroatoms. The topological polar surface area (TPSA) is 90.9 Å². The highest BCUT2D eigenvalue weighted by molar-refractivity contribution is 6.10. The van der Waals surface area contributed by atoms with E-state index in [1.165, 1.54) is 12.1 Å². The second kappa shape index (κ2) is 7.30. The van der Waals surface area contributed by atoms with E-state index in [0.29, 0.717) is 40.6 Å². The number of fused-ring (bicyclic) bond motifs is 5. The molecule has 2 aromatic heterocycles. The molecule has 32 heavy (non-hydrogen) atoms. The van der Waals surface area contributed by atoms with Gasteiger partial charge in [-0.2, -0.15) is 18.3 Å². The van der Waals surface area contributed by atoms with Crippen molar-refractivity contribution in [2.75, 3.05) is 0 Å². The molecule has 0 unspecified atom stereocenters. The Kier molecular flexibility index (Phi) is 4.67. The number of hydrogen-bond donors (Lipinski definition) is 3. The molecule has 0 spiro atoms. The van der Waals surface area contributed by atoms with Crippen LogP contribution < -0.4 is 5.48 Å². The van der Waals surface area contributed by atoms with Crippen LogP contribution in [-0.2, 0) is 19.0 Å². The fraction of sp³-hybridized carbons (Fsp3) is 0.261. The van der Waals surface area contributed by atoms with Gasteiger partial charge < -0.3 is 0 Å². The second-order valence-corrected chi connectivity index (χ2v) is 8.03. The van der Waals surface area contributed by atoms with E-state index in [-0.39, 0.29) is 16.6 Å². The van der Waals surface area contributed by atoms with Crippen molar-refractivity contribution in [3.8, 4) is 11.3 Å². The fourth-order valence-electron chi connectivity index (χ4n) is 4.66. The number of aromatic nitrogens is 3. The van der Waals surface area contributed by atoms with Gasteiger partial charge in [0.1, 0.15) is 0 Å². The smallest absolute Gasteiger partial charge is 0.288 e. The molecule has 0 fully saturated rings. The Morgan fingerprint density at radius 3 is 2.44 bits per heavy atom. The van der Waals surface area contributed by atoms with Gasteiger partial charge in [-0.05, 0) is 61.9 Å². The molecule has 164 valence electrons. The van der Waals surface area contributed by atoms with Crippen LogP contribution in [-0.4, -0.2) is 26.3 Å². The summed E-state index contributed by atoms with van der Waals surface area (Å²) in [6, 6.07) is 7.36. The van der Waals surface area contributed by atoms with Gasteiger partial charge in [-0.1, -0.05) is 12.1 Å². The Morgan fingerprint density at radius 1 is 1.09 bits per heavy atom. The number of hydrogen-bond acceptors (Lipinski definition) is 4. The number of nitrogens with one attached hydrogen (secondary N) is 2. The average molecular weight is 440 g/mol. The summed E-state index contributed by atoms with van der Waals surface area (Å²) >= 11 is 0. The van der Waals surface area contributed by atoms with E-state index in [9.17, 15) is 18.0 Å². The van der Waals surface area contributed by atoms with Crippen molar-refractivity contribution in [1.82, 2.24) is 20.7 Å². The van der Waals surface area contributed by atoms with Gasteiger partial charge in [0.2, 0.25) is 0 Å². The van der Waals surface area contributed by atoms with Gasteiger partial charge in [-0.3, -0.25) is 15.1 Å². The fourth-order valence-corrected chi connectivity index (χ4v) is 4.66. The van der Waals surface area contributed by atoms with Gasteiger partial charge in [-0.15, -0.1) is 0 Å². The molecule has 1 aliphatic rings. The molecule has 4 aromatic rings. The van der Waals surface area contributed by atoms with E-state index in [2.05, 4.69) is 15.2 Å². The van der Waals surface area contributed by atoms with E-state index in [1.54, 1.807) is 24.5 Å². The number of aromatic amines is 1. The summed E-state index contributed by atoms with van der Waals surface area (Å²) in [5.74, 6) is -0.665. The van der Waals surface area contributed by atoms with Gasteiger partial charge in [0.15, 0.2) is 0 Å². The Bertz CT molecular complexity index is 1370. The zero-order valence-corrected chi connectivity index (χ0v) is 17.1. The minimum Gasteiger partial charge on any atom is -0.288 e. The van der Waals surface area contributed by atoms with Crippen LogP contribution in [0.5, 0.6) is 0 Å². The molecule has 3 N–H and O–H groups in total. The van der Waals surface area contributed by atoms with Gasteiger partial charge in [-0.25, -0.2) is 10.5 Å². The molecule has 6 nitrogen and oxygen atoms in total. The van der Waals surface area contributed by atoms with Gasteiger partial charge in [0.25, 0.3) is 5.91 Å². The predicted octanol–water partition coefficient (Wildman–Crippen LogP) is 5.10. The third-order valence-corrected chi connectivity index (χ3v) is 6.10. The van der Waals surface area contributed by atoms with Crippen molar-refractivity contribution in [3.63, 3.8) is 0 Å². The number of rotatable bonds is 2. The minimum absolute atomic E-state index is 0.0812. The highest BCUT2D eigenvalue weighted by Crippen LogP contribution is 2.43. The van der Waals surface area contributed by atoms with Crippen LogP contribution in [0.25, 0.3) is 33.1 Å². The molecule has 0 atom stereocenters. The Balaban J connectivity index is 1.87. The van der Waals surface area contributed by atoms with Crippen LogP contribution in [0.3, 0.4) is 0 Å². The minimum atomic E-state index is -4.59. The van der Waals surface area contributed by atoms with Crippen LogP contribution in [0.4, 0.5) is 13.2 Å². The maximum absolute atomic E-state index is 14.1. The van der Waals surface area contributed by atoms with E-state index >= 15 is 0 Å². The molecule has 2 heterocycles. The monoisotopic (exact) mass is 440 g/mol. The summed E-state index contributed by atoms with van der Waals surface area (Å²) in [5.41, 5.74) is 4.84. The molecule has 1 amide bonds. The maximum Gasteiger partial charge on any atom is 0.418 e. The standard InChI is InChI=1S/C23H19F3N4O2/c1-11-18-17(29-28-11)10-16(23(24,25)26)21-19(18)14-4-2-3-5-15(14)20(27-21)12-6-8-13(9-7-12)22(31)30-32/h6-10,32H,2-5H2,1H3,(H,28,29)(H,30,31). The van der Waals surface area contributed by atoms with Crippen molar-refractivity contribution in [2.24, 2.45) is 0 Å². The number of hydroxylamine groups is 1. The number of aryl methyl sites for hydroxylation is 2. The number of carbonyl (C=O) groups excluding carboxylic acids is 1. The SMILES string of the molecule is Cc1[nH]nc2cc(C(F)(F)F)c3nc(-c4ccc(C(=O)NO)cc4)c4c(c3c12)CCCC4. The molecular weight excluding hydrogens is 421 g/mol. The quantitative estimate of drug-likeness (QED) is 0.299. The number of alkyl halides is 3. The molecule has 1 aliphatic carbocycles. The van der Waals surface area contributed by atoms with Crippen LogP contribution in [0.1, 0.15) is 45.6 Å². The van der Waals surface area contributed by atoms with Gasteiger partial charge >= 0.3 is 6.18 Å². The molecule has 0 bridgehead atoms. The molecule has 5 rings (SSSR count). The predicted molar refractivity (Wildman–Crippen MR) is 112 cm³/mol. The summed E-state index contributed by atoms with van der Waals surface area (Å²) in [5, 5.41) is 16.9. The van der Waals surface area contributed by atoms with Crippen molar-refractivity contribution < 1.29 is 23.2 Å². The second-order valence-electron chi connectivity index (χ2n) is 8.03. The summed E-state index contributed by atoms with van der Waals surface area (Å²) in [6.07, 6.45) is -1.41. The Labute approximate surface area is 180 Å². The van der Waals surface area contributed by atoms with Crippen molar-refractivity contribution in [2.45, 2.75) is 38.8 Å². The first-order valence-corrected chi connectivity index (χ1v) is 10.2. The average Bonchev–Trinajstić information content (AvgIpc) is 3.17. The summed E-state index contributed by atoms with van der Waals surface area (Å²) < 4.78 is 42.2. The number of benzene rings is 2. The molecular formula is C23H19F3N4O2. The van der Waals surface area contributed by atoms with E-state index < -0.39 is 17.6 Å². The zero-order valence-electron chi connectivity index (χ0n) is 17.1. The summed E-state index contributed by atoms with van der Waals surface area (Å²) in [6.45, 7) is 1.80. The van der Waals surface area contributed by atoms with Crippen LogP contribution in [0.2, 0.25) is 0 Å². The summed E-state index contributed by atoms with van der Waals surface area (Å²) in [4.78, 5) is 16.2.